The van der Waals surface area contributed by atoms with Gasteiger partial charge in [0.05, 0.1) is 0 Å². The first-order valence-corrected chi connectivity index (χ1v) is 12.6. The van der Waals surface area contributed by atoms with Gasteiger partial charge in [0, 0.05) is 51.0 Å². The lowest BCUT2D eigenvalue weighted by atomic mass is 9.92. The highest BCUT2D eigenvalue weighted by atomic mass is 16.4. The number of likely N-dealkylation sites (tertiary alicyclic amines) is 1. The van der Waals surface area contributed by atoms with Crippen LogP contribution in [0.15, 0.2) is 28.7 Å². The number of benzene rings is 1. The van der Waals surface area contributed by atoms with Crippen LogP contribution >= 0.6 is 0 Å². The Morgan fingerprint density at radius 3 is 2.70 bits per heavy atom. The fourth-order valence-electron chi connectivity index (χ4n) is 5.77. The van der Waals surface area contributed by atoms with Gasteiger partial charge in [0.15, 0.2) is 5.58 Å². The Morgan fingerprint density at radius 2 is 1.82 bits per heavy atom. The molecule has 8 nitrogen and oxygen atoms in total. The standard InChI is InChI=1S/C25H32N6O2/c32-24(18-11-15-29(16-12-18)25-26-20-8-3-4-9-21(20)33-25)30-13-6-7-19(17-30)23-28-27-22-10-2-1-5-14-31(22)23/h3-4,8-9,18-19H,1-2,5-7,10-17H2. The molecule has 0 saturated carbocycles. The molecule has 2 fully saturated rings. The van der Waals surface area contributed by atoms with Gasteiger partial charge in [-0.05, 0) is 50.7 Å². The second-order valence-electron chi connectivity index (χ2n) is 9.79. The molecule has 0 aliphatic carbocycles. The number of aromatic nitrogens is 4. The van der Waals surface area contributed by atoms with Gasteiger partial charge in [-0.1, -0.05) is 18.6 Å². The molecule has 0 N–H and O–H groups in total. The molecule has 1 amide bonds. The zero-order valence-electron chi connectivity index (χ0n) is 19.2. The van der Waals surface area contributed by atoms with E-state index in [4.69, 9.17) is 4.42 Å². The minimum absolute atomic E-state index is 0.0832. The number of oxazole rings is 1. The van der Waals surface area contributed by atoms with E-state index in [1.165, 1.54) is 19.3 Å². The molecule has 3 aliphatic rings. The van der Waals surface area contributed by atoms with Gasteiger partial charge in [-0.3, -0.25) is 4.79 Å². The SMILES string of the molecule is O=C(C1CCN(c2nc3ccccc3o2)CC1)N1CCCC(c2nnc3n2CCCCC3)C1. The van der Waals surface area contributed by atoms with Gasteiger partial charge in [0.2, 0.25) is 5.91 Å². The minimum Gasteiger partial charge on any atom is -0.423 e. The van der Waals surface area contributed by atoms with Crippen LogP contribution in [0.25, 0.3) is 11.1 Å². The highest BCUT2D eigenvalue weighted by molar-refractivity contribution is 5.79. The van der Waals surface area contributed by atoms with E-state index in [1.807, 2.05) is 24.3 Å². The van der Waals surface area contributed by atoms with Crippen molar-refractivity contribution >= 4 is 23.0 Å². The number of amides is 1. The van der Waals surface area contributed by atoms with E-state index in [2.05, 4.69) is 29.5 Å². The van der Waals surface area contributed by atoms with E-state index < -0.39 is 0 Å². The van der Waals surface area contributed by atoms with E-state index in [0.29, 0.717) is 17.8 Å². The predicted molar refractivity (Wildman–Crippen MR) is 125 cm³/mol. The van der Waals surface area contributed by atoms with E-state index in [0.717, 1.165) is 87.6 Å². The second-order valence-corrected chi connectivity index (χ2v) is 9.79. The predicted octanol–water partition coefficient (Wildman–Crippen LogP) is 3.77. The summed E-state index contributed by atoms with van der Waals surface area (Å²) in [6.45, 7) is 4.27. The molecule has 2 saturated heterocycles. The first kappa shape index (κ1) is 20.7. The van der Waals surface area contributed by atoms with Crippen molar-refractivity contribution < 1.29 is 9.21 Å². The molecule has 1 atom stereocenters. The number of para-hydroxylation sites is 2. The molecular weight excluding hydrogens is 416 g/mol. The Labute approximate surface area is 194 Å². The quantitative estimate of drug-likeness (QED) is 0.607. The van der Waals surface area contributed by atoms with Gasteiger partial charge in [0.1, 0.15) is 17.2 Å². The molecule has 8 heteroatoms. The molecule has 0 spiro atoms. The fraction of sp³-hybridized carbons (Fsp3) is 0.600. The van der Waals surface area contributed by atoms with Crippen molar-refractivity contribution in [3.63, 3.8) is 0 Å². The summed E-state index contributed by atoms with van der Waals surface area (Å²) in [4.78, 5) is 22.3. The monoisotopic (exact) mass is 448 g/mol. The number of hydrogen-bond acceptors (Lipinski definition) is 6. The molecular formula is C25H32N6O2. The normalized spacial score (nSPS) is 22.4. The summed E-state index contributed by atoms with van der Waals surface area (Å²) in [7, 11) is 0. The Kier molecular flexibility index (Phi) is 5.52. The van der Waals surface area contributed by atoms with Gasteiger partial charge in [-0.25, -0.2) is 0 Å². The molecule has 2 aromatic heterocycles. The van der Waals surface area contributed by atoms with Crippen molar-refractivity contribution in [3.8, 4) is 0 Å². The lowest BCUT2D eigenvalue weighted by Crippen LogP contribution is -2.46. The van der Waals surface area contributed by atoms with Crippen LogP contribution in [0.2, 0.25) is 0 Å². The third-order valence-corrected chi connectivity index (χ3v) is 7.63. The third kappa shape index (κ3) is 4.00. The minimum atomic E-state index is 0.0832. The first-order chi connectivity index (χ1) is 16.3. The van der Waals surface area contributed by atoms with Crippen LogP contribution in [-0.4, -0.2) is 56.7 Å². The van der Waals surface area contributed by atoms with E-state index >= 15 is 0 Å². The first-order valence-electron chi connectivity index (χ1n) is 12.6. The van der Waals surface area contributed by atoms with Crippen LogP contribution in [0.5, 0.6) is 0 Å². The Bertz CT molecular complexity index is 1100. The van der Waals surface area contributed by atoms with Crippen LogP contribution < -0.4 is 4.90 Å². The summed E-state index contributed by atoms with van der Waals surface area (Å²) >= 11 is 0. The van der Waals surface area contributed by atoms with Crippen LogP contribution in [-0.2, 0) is 17.8 Å². The average molecular weight is 449 g/mol. The Morgan fingerprint density at radius 1 is 0.939 bits per heavy atom. The van der Waals surface area contributed by atoms with E-state index in [-0.39, 0.29) is 5.92 Å². The van der Waals surface area contributed by atoms with Crippen molar-refractivity contribution in [2.75, 3.05) is 31.1 Å². The Balaban J connectivity index is 1.09. The molecule has 6 rings (SSSR count). The van der Waals surface area contributed by atoms with Crippen LogP contribution in [0.3, 0.4) is 0 Å². The molecule has 33 heavy (non-hydrogen) atoms. The number of anilines is 1. The summed E-state index contributed by atoms with van der Waals surface area (Å²) in [5.74, 6) is 2.95. The largest absolute Gasteiger partial charge is 0.423 e. The number of nitrogens with zero attached hydrogens (tertiary/aromatic N) is 6. The summed E-state index contributed by atoms with van der Waals surface area (Å²) in [5.41, 5.74) is 1.70. The van der Waals surface area contributed by atoms with E-state index in [9.17, 15) is 4.79 Å². The highest BCUT2D eigenvalue weighted by Crippen LogP contribution is 2.31. The van der Waals surface area contributed by atoms with Crippen molar-refractivity contribution in [2.45, 2.75) is 63.8 Å². The number of carbonyl (C=O) groups excluding carboxylic acids is 1. The molecule has 1 aromatic carbocycles. The molecule has 3 aliphatic heterocycles. The molecule has 174 valence electrons. The van der Waals surface area contributed by atoms with Gasteiger partial charge in [-0.2, -0.15) is 4.98 Å². The van der Waals surface area contributed by atoms with Crippen molar-refractivity contribution in [1.82, 2.24) is 24.6 Å². The molecule has 0 bridgehead atoms. The van der Waals surface area contributed by atoms with Crippen LogP contribution in [0, 0.1) is 5.92 Å². The van der Waals surface area contributed by atoms with Crippen LogP contribution in [0.4, 0.5) is 6.01 Å². The summed E-state index contributed by atoms with van der Waals surface area (Å²) in [6, 6.07) is 8.53. The fourth-order valence-corrected chi connectivity index (χ4v) is 5.77. The lowest BCUT2D eigenvalue weighted by Gasteiger charge is -2.37. The number of aryl methyl sites for hydroxylation is 1. The summed E-state index contributed by atoms with van der Waals surface area (Å²) in [6.07, 6.45) is 8.53. The van der Waals surface area contributed by atoms with Gasteiger partial charge >= 0.3 is 0 Å². The topological polar surface area (TPSA) is 80.3 Å². The molecule has 3 aromatic rings. The summed E-state index contributed by atoms with van der Waals surface area (Å²) < 4.78 is 8.29. The zero-order chi connectivity index (χ0) is 22.2. The molecule has 1 unspecified atom stereocenters. The van der Waals surface area contributed by atoms with E-state index in [1.54, 1.807) is 0 Å². The number of rotatable bonds is 3. The number of hydrogen-bond donors (Lipinski definition) is 0. The maximum atomic E-state index is 13.4. The van der Waals surface area contributed by atoms with Crippen molar-refractivity contribution in [3.05, 3.63) is 35.9 Å². The number of piperidine rings is 2. The highest BCUT2D eigenvalue weighted by Gasteiger charge is 2.34. The smallest absolute Gasteiger partial charge is 0.298 e. The summed E-state index contributed by atoms with van der Waals surface area (Å²) in [5, 5.41) is 9.08. The van der Waals surface area contributed by atoms with Crippen molar-refractivity contribution in [2.24, 2.45) is 5.92 Å². The van der Waals surface area contributed by atoms with Crippen molar-refractivity contribution in [1.29, 1.82) is 0 Å². The number of carbonyl (C=O) groups is 1. The maximum absolute atomic E-state index is 13.4. The second kappa shape index (κ2) is 8.80. The van der Waals surface area contributed by atoms with Gasteiger partial charge in [0.25, 0.3) is 6.01 Å². The third-order valence-electron chi connectivity index (χ3n) is 7.63. The van der Waals surface area contributed by atoms with Gasteiger partial charge in [-0.15, -0.1) is 10.2 Å². The lowest BCUT2D eigenvalue weighted by molar-refractivity contribution is -0.137. The van der Waals surface area contributed by atoms with Crippen LogP contribution in [0.1, 0.15) is 62.5 Å². The van der Waals surface area contributed by atoms with Gasteiger partial charge < -0.3 is 18.8 Å². The maximum Gasteiger partial charge on any atom is 0.298 e. The Hall–Kier alpha value is -2.90. The molecule has 0 radical (unpaired) electrons. The zero-order valence-corrected chi connectivity index (χ0v) is 19.2. The molecule has 5 heterocycles. The average Bonchev–Trinajstić information content (AvgIpc) is 3.41. The number of fused-ring (bicyclic) bond motifs is 2.